The molecule has 0 unspecified atom stereocenters. The lowest BCUT2D eigenvalue weighted by Crippen LogP contribution is -1.70. The molecule has 1 aromatic heterocycles. The van der Waals surface area contributed by atoms with Gasteiger partial charge in [-0.1, -0.05) is 24.3 Å². The Morgan fingerprint density at radius 3 is 1.58 bits per heavy atom. The van der Waals surface area contributed by atoms with Gasteiger partial charge in [0.25, 0.3) is 0 Å². The average Bonchev–Trinajstić information content (AvgIpc) is 2.15. The zero-order valence-corrected chi connectivity index (χ0v) is 8.42. The zero-order valence-electron chi connectivity index (χ0n) is 7.60. The predicted molar refractivity (Wildman–Crippen MR) is 56.9 cm³/mol. The first-order valence-corrected chi connectivity index (χ1v) is 5.61. The van der Waals surface area contributed by atoms with Crippen molar-refractivity contribution in [3.63, 3.8) is 0 Å². The molecule has 0 nitrogen and oxygen atoms in total. The second-order valence-corrected chi connectivity index (χ2v) is 5.19. The summed E-state index contributed by atoms with van der Waals surface area (Å²) < 4.78 is 0. The summed E-state index contributed by atoms with van der Waals surface area (Å²) in [6.07, 6.45) is 0. The first-order chi connectivity index (χ1) is 5.80. The summed E-state index contributed by atoms with van der Waals surface area (Å²) in [4.78, 5) is 0. The molecule has 0 bridgehead atoms. The molecule has 0 aliphatic heterocycles. The molecule has 0 saturated carbocycles. The largest absolute Gasteiger partial charge is 0.137 e. The van der Waals surface area contributed by atoms with E-state index < -0.39 is 0 Å². The van der Waals surface area contributed by atoms with Crippen molar-refractivity contribution in [2.75, 3.05) is 0 Å². The molecule has 0 aromatic carbocycles. The Bertz CT molecular complexity index is 248. The summed E-state index contributed by atoms with van der Waals surface area (Å²) in [6.45, 7) is 4.51. The molecule has 1 rings (SSSR count). The van der Waals surface area contributed by atoms with Crippen molar-refractivity contribution < 1.29 is 0 Å². The van der Waals surface area contributed by atoms with E-state index in [0.717, 1.165) is 0 Å². The van der Waals surface area contributed by atoms with Gasteiger partial charge in [-0.05, 0) is 36.5 Å². The van der Waals surface area contributed by atoms with Gasteiger partial charge in [0.05, 0.1) is 0 Å². The highest BCUT2D eigenvalue weighted by Crippen LogP contribution is 2.26. The summed E-state index contributed by atoms with van der Waals surface area (Å²) in [5.41, 5.74) is 0. The first kappa shape index (κ1) is 9.27. The molecule has 1 heteroatoms. The van der Waals surface area contributed by atoms with Crippen LogP contribution in [0.2, 0.25) is 0 Å². The third kappa shape index (κ3) is 3.05. The van der Waals surface area contributed by atoms with Crippen LogP contribution in [0.3, 0.4) is 0 Å². The maximum atomic E-state index is 2.27. The Morgan fingerprint density at radius 2 is 1.17 bits per heavy atom. The molecule has 0 radical (unpaired) electrons. The summed E-state index contributed by atoms with van der Waals surface area (Å²) in [7, 11) is 0.300. The molecule has 1 aromatic rings. The van der Waals surface area contributed by atoms with Gasteiger partial charge >= 0.3 is 0 Å². The minimum atomic E-state index is 0.300. The van der Waals surface area contributed by atoms with Gasteiger partial charge in [0.15, 0.2) is 0 Å². The summed E-state index contributed by atoms with van der Waals surface area (Å²) in [5.74, 6) is 0. The van der Waals surface area contributed by atoms with Gasteiger partial charge < -0.3 is 0 Å². The molecular formula is C11H15S+. The molecule has 0 fully saturated rings. The topological polar surface area (TPSA) is 0 Å². The van der Waals surface area contributed by atoms with E-state index in [9.17, 15) is 0 Å². The van der Waals surface area contributed by atoms with Gasteiger partial charge in [0.1, 0.15) is 16.0 Å². The maximum Gasteiger partial charge on any atom is 0.137 e. The number of rotatable bonds is 1. The Balaban J connectivity index is 3.10. The van der Waals surface area contributed by atoms with E-state index >= 15 is 0 Å². The lowest BCUT2D eigenvalue weighted by atomic mass is 10.5. The molecular weight excluding hydrogens is 164 g/mol. The molecule has 0 N–H and O–H groups in total. The lowest BCUT2D eigenvalue weighted by Gasteiger charge is -1.90. The van der Waals surface area contributed by atoms with Crippen LogP contribution in [-0.2, 0) is 0 Å². The average molecular weight is 179 g/mol. The fraction of sp³-hybridized carbons (Fsp3) is 0.273. The van der Waals surface area contributed by atoms with Gasteiger partial charge in [-0.3, -0.25) is 0 Å². The fourth-order valence-electron chi connectivity index (χ4n) is 0.888. The van der Waals surface area contributed by atoms with E-state index in [0.29, 0.717) is 15.7 Å². The van der Waals surface area contributed by atoms with Crippen molar-refractivity contribution in [2.45, 2.75) is 19.1 Å². The van der Waals surface area contributed by atoms with E-state index in [2.05, 4.69) is 48.9 Å². The molecule has 1 heterocycles. The molecule has 0 amide bonds. The Hall–Kier alpha value is -0.820. The monoisotopic (exact) mass is 179 g/mol. The van der Waals surface area contributed by atoms with E-state index in [1.807, 2.05) is 12.1 Å². The van der Waals surface area contributed by atoms with E-state index in [1.165, 1.54) is 0 Å². The maximum absolute atomic E-state index is 2.27. The molecule has 0 aliphatic carbocycles. The van der Waals surface area contributed by atoms with Crippen LogP contribution in [0.25, 0.3) is 0 Å². The molecule has 0 spiro atoms. The molecule has 0 aliphatic rings. The van der Waals surface area contributed by atoms with Crippen molar-refractivity contribution in [2.24, 2.45) is 0 Å². The second kappa shape index (κ2) is 4.94. The normalized spacial score (nSPS) is 9.58. The van der Waals surface area contributed by atoms with Crippen LogP contribution in [0, 0.1) is 0 Å². The summed E-state index contributed by atoms with van der Waals surface area (Å²) in [6, 6.07) is 12.5. The molecule has 12 heavy (non-hydrogen) atoms. The number of hydrogen-bond donors (Lipinski definition) is 0. The van der Waals surface area contributed by atoms with E-state index in [4.69, 9.17) is 0 Å². The third-order valence-corrected chi connectivity index (χ3v) is 3.60. The highest BCUT2D eigenvalue weighted by Gasteiger charge is 2.02. The van der Waals surface area contributed by atoms with Gasteiger partial charge in [0, 0.05) is 0 Å². The van der Waals surface area contributed by atoms with Crippen molar-refractivity contribution in [3.05, 3.63) is 47.2 Å². The highest BCUT2D eigenvalue weighted by atomic mass is 32.2. The standard InChI is InChI=1S/C11H15S/c1-11(2)12-9-7-5-3-4-6-8-10-12/h3-11H,1-2H3/q+1. The van der Waals surface area contributed by atoms with Gasteiger partial charge in [0.2, 0.25) is 0 Å². The van der Waals surface area contributed by atoms with Crippen LogP contribution in [0.1, 0.15) is 19.1 Å². The quantitative estimate of drug-likeness (QED) is 0.568. The van der Waals surface area contributed by atoms with Gasteiger partial charge in [-0.15, -0.1) is 0 Å². The third-order valence-electron chi connectivity index (χ3n) is 1.57. The minimum Gasteiger partial charge on any atom is -0.0621 e. The van der Waals surface area contributed by atoms with Crippen LogP contribution >= 0.6 is 10.5 Å². The van der Waals surface area contributed by atoms with Crippen LogP contribution in [0.4, 0.5) is 0 Å². The molecule has 64 valence electrons. The Morgan fingerprint density at radius 1 is 0.750 bits per heavy atom. The predicted octanol–water partition coefficient (Wildman–Crippen LogP) is 4.14. The lowest BCUT2D eigenvalue weighted by molar-refractivity contribution is 1.03. The Kier molecular flexibility index (Phi) is 3.81. The van der Waals surface area contributed by atoms with Crippen LogP contribution in [-0.4, -0.2) is 0 Å². The van der Waals surface area contributed by atoms with Gasteiger partial charge in [-0.25, -0.2) is 0 Å². The Labute approximate surface area is 77.2 Å². The van der Waals surface area contributed by atoms with Crippen LogP contribution in [0.15, 0.2) is 47.2 Å². The molecule has 0 saturated heterocycles. The van der Waals surface area contributed by atoms with Crippen LogP contribution < -0.4 is 0 Å². The SMILES string of the molecule is CC(C)[s+]1cccccccc1. The van der Waals surface area contributed by atoms with Crippen molar-refractivity contribution in [1.29, 1.82) is 0 Å². The van der Waals surface area contributed by atoms with Crippen molar-refractivity contribution in [3.8, 4) is 0 Å². The zero-order chi connectivity index (χ0) is 8.81. The molecule has 0 atom stereocenters. The fourth-order valence-corrected chi connectivity index (χ4v) is 2.15. The first-order valence-electron chi connectivity index (χ1n) is 4.20. The highest BCUT2D eigenvalue weighted by molar-refractivity contribution is 7.28. The van der Waals surface area contributed by atoms with Crippen LogP contribution in [0.5, 0.6) is 0 Å². The summed E-state index contributed by atoms with van der Waals surface area (Å²) >= 11 is 0. The second-order valence-electron chi connectivity index (χ2n) is 2.88. The van der Waals surface area contributed by atoms with E-state index in [1.54, 1.807) is 0 Å². The minimum absolute atomic E-state index is 0.300. The van der Waals surface area contributed by atoms with Crippen molar-refractivity contribution >= 4 is 10.5 Å². The van der Waals surface area contributed by atoms with Gasteiger partial charge in [-0.2, -0.15) is 0 Å². The summed E-state index contributed by atoms with van der Waals surface area (Å²) in [5, 5.41) is 5.24. The van der Waals surface area contributed by atoms with Crippen molar-refractivity contribution in [1.82, 2.24) is 0 Å². The smallest absolute Gasteiger partial charge is 0.0621 e. The van der Waals surface area contributed by atoms with E-state index in [-0.39, 0.29) is 0 Å². The number of hydrogen-bond acceptors (Lipinski definition) is 0.